The summed E-state index contributed by atoms with van der Waals surface area (Å²) in [5.41, 5.74) is 4.99. The predicted molar refractivity (Wildman–Crippen MR) is 59.2 cm³/mol. The van der Waals surface area contributed by atoms with E-state index in [-0.39, 0.29) is 6.54 Å². The number of carboxylic acids is 1. The van der Waals surface area contributed by atoms with E-state index in [4.69, 9.17) is 10.8 Å². The van der Waals surface area contributed by atoms with Gasteiger partial charge in [-0.15, -0.1) is 0 Å². The molecule has 3 amide bonds. The Labute approximate surface area is 99.2 Å². The van der Waals surface area contributed by atoms with Gasteiger partial charge in [-0.1, -0.05) is 6.92 Å². The van der Waals surface area contributed by atoms with Crippen molar-refractivity contribution in [2.75, 3.05) is 26.2 Å². The van der Waals surface area contributed by atoms with Crippen LogP contribution in [0.5, 0.6) is 0 Å². The molecule has 1 unspecified atom stereocenters. The molecule has 1 atom stereocenters. The second-order valence-corrected chi connectivity index (χ2v) is 4.34. The Morgan fingerprint density at radius 1 is 1.41 bits per heavy atom. The number of urea groups is 1. The summed E-state index contributed by atoms with van der Waals surface area (Å²) >= 11 is 0. The lowest BCUT2D eigenvalue weighted by Gasteiger charge is -2.25. The minimum atomic E-state index is -1.16. The number of amides is 3. The molecule has 1 fully saturated rings. The van der Waals surface area contributed by atoms with Crippen LogP contribution in [0.2, 0.25) is 0 Å². The van der Waals surface area contributed by atoms with Gasteiger partial charge in [0.25, 0.3) is 0 Å². The Morgan fingerprint density at radius 3 is 2.47 bits per heavy atom. The lowest BCUT2D eigenvalue weighted by atomic mass is 10.2. The number of carbonyl (C=O) groups is 3. The topological polar surface area (TPSA) is 104 Å². The number of hydrogen-bond donors (Lipinski definition) is 2. The average Bonchev–Trinajstić information content (AvgIpc) is 2.61. The van der Waals surface area contributed by atoms with Gasteiger partial charge < -0.3 is 20.6 Å². The zero-order chi connectivity index (χ0) is 13.0. The van der Waals surface area contributed by atoms with Crippen molar-refractivity contribution in [3.05, 3.63) is 0 Å². The van der Waals surface area contributed by atoms with Crippen LogP contribution in [0.1, 0.15) is 13.3 Å². The minimum Gasteiger partial charge on any atom is -0.480 e. The van der Waals surface area contributed by atoms with E-state index in [2.05, 4.69) is 0 Å². The second-order valence-electron chi connectivity index (χ2n) is 4.34. The molecule has 1 rings (SSSR count). The number of likely N-dealkylation sites (tertiary alicyclic amines) is 1. The summed E-state index contributed by atoms with van der Waals surface area (Å²) in [5.74, 6) is -1.47. The van der Waals surface area contributed by atoms with Crippen molar-refractivity contribution in [3.63, 3.8) is 0 Å². The molecule has 1 aliphatic heterocycles. The molecule has 0 aromatic heterocycles. The quantitative estimate of drug-likeness (QED) is 0.682. The monoisotopic (exact) mass is 243 g/mol. The van der Waals surface area contributed by atoms with Crippen molar-refractivity contribution in [1.29, 1.82) is 0 Å². The highest BCUT2D eigenvalue weighted by atomic mass is 16.4. The fourth-order valence-electron chi connectivity index (χ4n) is 1.85. The van der Waals surface area contributed by atoms with Crippen LogP contribution >= 0.6 is 0 Å². The Bertz CT molecular complexity index is 316. The fourth-order valence-corrected chi connectivity index (χ4v) is 1.85. The Balaban J connectivity index is 2.64. The van der Waals surface area contributed by atoms with Crippen molar-refractivity contribution >= 4 is 17.9 Å². The first-order valence-electron chi connectivity index (χ1n) is 5.44. The molecule has 1 saturated heterocycles. The maximum Gasteiger partial charge on any atom is 0.323 e. The van der Waals surface area contributed by atoms with E-state index in [0.717, 1.165) is 11.3 Å². The summed E-state index contributed by atoms with van der Waals surface area (Å²) < 4.78 is 0. The maximum absolute atomic E-state index is 11.9. The van der Waals surface area contributed by atoms with E-state index in [1.807, 2.05) is 6.92 Å². The summed E-state index contributed by atoms with van der Waals surface area (Å²) in [4.78, 5) is 35.9. The number of hydrogen-bond acceptors (Lipinski definition) is 3. The summed E-state index contributed by atoms with van der Waals surface area (Å²) in [7, 11) is 0. The SMILES string of the molecule is CC1CCN(C(=O)N(CC(N)=O)CC(=O)O)C1. The van der Waals surface area contributed by atoms with E-state index in [9.17, 15) is 14.4 Å². The van der Waals surface area contributed by atoms with Gasteiger partial charge in [-0.2, -0.15) is 0 Å². The van der Waals surface area contributed by atoms with Crippen LogP contribution in [0.15, 0.2) is 0 Å². The highest BCUT2D eigenvalue weighted by molar-refractivity contribution is 5.86. The first kappa shape index (κ1) is 13.3. The van der Waals surface area contributed by atoms with Crippen LogP contribution in [-0.2, 0) is 9.59 Å². The molecule has 1 heterocycles. The number of nitrogens with zero attached hydrogens (tertiary/aromatic N) is 2. The first-order valence-corrected chi connectivity index (χ1v) is 5.44. The number of carbonyl (C=O) groups excluding carboxylic acids is 2. The number of primary amides is 1. The standard InChI is InChI=1S/C10H17N3O4/c1-7-2-3-12(4-7)10(17)13(5-8(11)14)6-9(15)16/h7H,2-6H2,1H3,(H2,11,14)(H,15,16). The van der Waals surface area contributed by atoms with Crippen LogP contribution in [-0.4, -0.2) is 59.0 Å². The van der Waals surface area contributed by atoms with E-state index < -0.39 is 24.5 Å². The van der Waals surface area contributed by atoms with Gasteiger partial charge >= 0.3 is 12.0 Å². The van der Waals surface area contributed by atoms with Crippen LogP contribution < -0.4 is 5.73 Å². The predicted octanol–water partition coefficient (Wildman–Crippen LogP) is -0.680. The largest absolute Gasteiger partial charge is 0.480 e. The molecule has 0 spiro atoms. The van der Waals surface area contributed by atoms with Gasteiger partial charge in [-0.25, -0.2) is 4.79 Å². The third kappa shape index (κ3) is 3.93. The third-order valence-electron chi connectivity index (χ3n) is 2.64. The molecule has 0 aromatic rings. The lowest BCUT2D eigenvalue weighted by molar-refractivity contribution is -0.138. The van der Waals surface area contributed by atoms with E-state index in [1.54, 1.807) is 4.90 Å². The normalized spacial score (nSPS) is 19.1. The van der Waals surface area contributed by atoms with Gasteiger partial charge in [0.15, 0.2) is 0 Å². The molecule has 3 N–H and O–H groups in total. The van der Waals surface area contributed by atoms with E-state index >= 15 is 0 Å². The van der Waals surface area contributed by atoms with E-state index in [1.165, 1.54) is 0 Å². The molecule has 1 aliphatic rings. The molecule has 7 heteroatoms. The highest BCUT2D eigenvalue weighted by Crippen LogP contribution is 2.16. The lowest BCUT2D eigenvalue weighted by Crippen LogP contribution is -2.47. The number of rotatable bonds is 4. The zero-order valence-electron chi connectivity index (χ0n) is 9.76. The van der Waals surface area contributed by atoms with Crippen LogP contribution in [0, 0.1) is 5.92 Å². The summed E-state index contributed by atoms with van der Waals surface area (Å²) in [5, 5.41) is 8.68. The number of nitrogens with two attached hydrogens (primary N) is 1. The van der Waals surface area contributed by atoms with Gasteiger partial charge in [-0.05, 0) is 12.3 Å². The van der Waals surface area contributed by atoms with Gasteiger partial charge in [-0.3, -0.25) is 9.59 Å². The summed E-state index contributed by atoms with van der Waals surface area (Å²) in [6.07, 6.45) is 0.892. The van der Waals surface area contributed by atoms with Gasteiger partial charge in [0.05, 0.1) is 0 Å². The molecular weight excluding hydrogens is 226 g/mol. The molecule has 0 bridgehead atoms. The first-order chi connectivity index (χ1) is 7.90. The fraction of sp³-hybridized carbons (Fsp3) is 0.700. The van der Waals surface area contributed by atoms with Crippen molar-refractivity contribution < 1.29 is 19.5 Å². The Morgan fingerprint density at radius 2 is 2.06 bits per heavy atom. The Hall–Kier alpha value is -1.79. The number of carboxylic acid groups (broad SMARTS) is 1. The number of aliphatic carboxylic acids is 1. The van der Waals surface area contributed by atoms with Gasteiger partial charge in [0, 0.05) is 13.1 Å². The molecular formula is C10H17N3O4. The van der Waals surface area contributed by atoms with Crippen molar-refractivity contribution in [3.8, 4) is 0 Å². The van der Waals surface area contributed by atoms with Crippen molar-refractivity contribution in [2.24, 2.45) is 11.7 Å². The van der Waals surface area contributed by atoms with Gasteiger partial charge in [0.1, 0.15) is 13.1 Å². The van der Waals surface area contributed by atoms with Crippen LogP contribution in [0.3, 0.4) is 0 Å². The minimum absolute atomic E-state index is 0.365. The Kier molecular flexibility index (Phi) is 4.30. The third-order valence-corrected chi connectivity index (χ3v) is 2.64. The zero-order valence-corrected chi connectivity index (χ0v) is 9.76. The molecule has 96 valence electrons. The molecule has 7 nitrogen and oxygen atoms in total. The van der Waals surface area contributed by atoms with Gasteiger partial charge in [0.2, 0.25) is 5.91 Å². The second kappa shape index (κ2) is 5.51. The van der Waals surface area contributed by atoms with Crippen molar-refractivity contribution in [1.82, 2.24) is 9.80 Å². The molecule has 0 aliphatic carbocycles. The van der Waals surface area contributed by atoms with Crippen molar-refractivity contribution in [2.45, 2.75) is 13.3 Å². The average molecular weight is 243 g/mol. The van der Waals surface area contributed by atoms with E-state index in [0.29, 0.717) is 19.0 Å². The smallest absolute Gasteiger partial charge is 0.323 e. The molecule has 0 saturated carbocycles. The van der Waals surface area contributed by atoms with Crippen LogP contribution in [0.4, 0.5) is 4.79 Å². The molecule has 17 heavy (non-hydrogen) atoms. The summed E-state index contributed by atoms with van der Waals surface area (Å²) in [6, 6.07) is -0.435. The highest BCUT2D eigenvalue weighted by Gasteiger charge is 2.28. The van der Waals surface area contributed by atoms with Crippen LogP contribution in [0.25, 0.3) is 0 Å². The maximum atomic E-state index is 11.9. The molecule has 0 radical (unpaired) electrons. The summed E-state index contributed by atoms with van der Waals surface area (Å²) in [6.45, 7) is 2.33. The molecule has 0 aromatic carbocycles.